The van der Waals surface area contributed by atoms with Crippen molar-refractivity contribution in [2.24, 2.45) is 0 Å². The Morgan fingerprint density at radius 1 is 1.00 bits per heavy atom. The molecule has 132 valence electrons. The number of anilines is 3. The smallest absolute Gasteiger partial charge is 0.244 e. The lowest BCUT2D eigenvalue weighted by Gasteiger charge is -2.08. The molecule has 2 heterocycles. The van der Waals surface area contributed by atoms with Gasteiger partial charge >= 0.3 is 0 Å². The highest BCUT2D eigenvalue weighted by Crippen LogP contribution is 2.32. The van der Waals surface area contributed by atoms with Crippen LogP contribution in [0.3, 0.4) is 0 Å². The van der Waals surface area contributed by atoms with Crippen LogP contribution >= 0.6 is 0 Å². The number of fused-ring (bicyclic) bond motifs is 1. The lowest BCUT2D eigenvalue weighted by Crippen LogP contribution is -2.06. The van der Waals surface area contributed by atoms with Gasteiger partial charge in [0.15, 0.2) is 29.0 Å². The molecule has 0 aliphatic carbocycles. The maximum Gasteiger partial charge on any atom is 0.244 e. The van der Waals surface area contributed by atoms with Crippen LogP contribution in [0.4, 0.5) is 26.2 Å². The summed E-state index contributed by atoms with van der Waals surface area (Å²) in [6, 6.07) is 9.07. The third-order valence-corrected chi connectivity index (χ3v) is 3.64. The van der Waals surface area contributed by atoms with Crippen LogP contribution < -0.4 is 20.1 Å². The first-order valence-corrected chi connectivity index (χ1v) is 7.71. The van der Waals surface area contributed by atoms with E-state index in [4.69, 9.17) is 9.47 Å². The lowest BCUT2D eigenvalue weighted by atomic mass is 10.2. The molecule has 0 unspecified atom stereocenters. The molecule has 26 heavy (non-hydrogen) atoms. The Labute approximate surface area is 147 Å². The molecule has 0 saturated carbocycles. The van der Waals surface area contributed by atoms with Gasteiger partial charge in [-0.2, -0.15) is 10.1 Å². The molecule has 0 bridgehead atoms. The van der Waals surface area contributed by atoms with Crippen molar-refractivity contribution in [3.05, 3.63) is 59.8 Å². The number of rotatable bonds is 5. The summed E-state index contributed by atoms with van der Waals surface area (Å²) in [7, 11) is 0. The second-order valence-electron chi connectivity index (χ2n) is 5.46. The van der Waals surface area contributed by atoms with Crippen molar-refractivity contribution in [1.82, 2.24) is 15.2 Å². The van der Waals surface area contributed by atoms with E-state index in [9.17, 15) is 8.78 Å². The van der Waals surface area contributed by atoms with Gasteiger partial charge in [-0.05, 0) is 29.8 Å². The number of nitrogens with one attached hydrogen (secondary N) is 2. The Morgan fingerprint density at radius 2 is 1.88 bits per heavy atom. The second kappa shape index (κ2) is 6.79. The minimum Gasteiger partial charge on any atom is -0.454 e. The minimum atomic E-state index is -0.946. The molecule has 1 aromatic heterocycles. The van der Waals surface area contributed by atoms with Gasteiger partial charge in [-0.1, -0.05) is 6.07 Å². The summed E-state index contributed by atoms with van der Waals surface area (Å²) in [6.45, 7) is 0.671. The van der Waals surface area contributed by atoms with Gasteiger partial charge in [-0.15, -0.1) is 5.10 Å². The highest BCUT2D eigenvalue weighted by molar-refractivity contribution is 5.56. The highest BCUT2D eigenvalue weighted by atomic mass is 19.2. The van der Waals surface area contributed by atoms with E-state index in [1.807, 2.05) is 18.2 Å². The first kappa shape index (κ1) is 16.0. The number of benzene rings is 2. The Bertz CT molecular complexity index is 954. The fourth-order valence-corrected chi connectivity index (χ4v) is 2.39. The van der Waals surface area contributed by atoms with E-state index in [-0.39, 0.29) is 12.7 Å². The Balaban J connectivity index is 1.43. The van der Waals surface area contributed by atoms with Gasteiger partial charge in [0.25, 0.3) is 0 Å². The third-order valence-electron chi connectivity index (χ3n) is 3.64. The average molecular weight is 357 g/mol. The van der Waals surface area contributed by atoms with Gasteiger partial charge in [0.1, 0.15) is 0 Å². The van der Waals surface area contributed by atoms with Crippen molar-refractivity contribution in [3.8, 4) is 11.5 Å². The molecule has 0 radical (unpaired) electrons. The van der Waals surface area contributed by atoms with Crippen LogP contribution in [0.1, 0.15) is 5.56 Å². The Kier molecular flexibility index (Phi) is 4.18. The van der Waals surface area contributed by atoms with Crippen molar-refractivity contribution in [2.45, 2.75) is 6.54 Å². The predicted molar refractivity (Wildman–Crippen MR) is 89.4 cm³/mol. The molecule has 4 rings (SSSR count). The molecule has 3 aromatic rings. The number of hydrogen-bond acceptors (Lipinski definition) is 7. The topological polar surface area (TPSA) is 81.2 Å². The Morgan fingerprint density at radius 3 is 2.77 bits per heavy atom. The summed E-state index contributed by atoms with van der Waals surface area (Å²) >= 11 is 0. The van der Waals surface area contributed by atoms with Crippen LogP contribution in [0.25, 0.3) is 0 Å². The van der Waals surface area contributed by atoms with E-state index in [0.717, 1.165) is 17.7 Å². The van der Waals surface area contributed by atoms with E-state index < -0.39 is 11.6 Å². The monoisotopic (exact) mass is 357 g/mol. The molecule has 1 aliphatic heterocycles. The first-order chi connectivity index (χ1) is 12.7. The van der Waals surface area contributed by atoms with E-state index in [1.54, 1.807) is 0 Å². The molecule has 0 atom stereocenters. The SMILES string of the molecule is Fc1ccc(Nc2cnnc(NCc3ccc4c(c3)OCO4)n2)cc1F. The van der Waals surface area contributed by atoms with Gasteiger partial charge < -0.3 is 20.1 Å². The van der Waals surface area contributed by atoms with Crippen molar-refractivity contribution in [3.63, 3.8) is 0 Å². The summed E-state index contributed by atoms with van der Waals surface area (Å²) < 4.78 is 36.9. The molecular weight excluding hydrogens is 344 g/mol. The van der Waals surface area contributed by atoms with Crippen LogP contribution in [0.5, 0.6) is 11.5 Å². The highest BCUT2D eigenvalue weighted by Gasteiger charge is 2.13. The molecule has 0 fully saturated rings. The van der Waals surface area contributed by atoms with E-state index in [0.29, 0.717) is 29.5 Å². The van der Waals surface area contributed by atoms with Crippen LogP contribution in [-0.2, 0) is 6.54 Å². The maximum absolute atomic E-state index is 13.3. The number of ether oxygens (including phenoxy) is 2. The fraction of sp³-hybridized carbons (Fsp3) is 0.118. The zero-order valence-corrected chi connectivity index (χ0v) is 13.4. The van der Waals surface area contributed by atoms with Crippen LogP contribution in [-0.4, -0.2) is 22.0 Å². The quantitative estimate of drug-likeness (QED) is 0.725. The van der Waals surface area contributed by atoms with Crippen LogP contribution in [0.15, 0.2) is 42.6 Å². The molecule has 7 nitrogen and oxygen atoms in total. The zero-order valence-electron chi connectivity index (χ0n) is 13.4. The number of halogens is 2. The van der Waals surface area contributed by atoms with Gasteiger partial charge in [-0.3, -0.25) is 0 Å². The minimum absolute atomic E-state index is 0.219. The standard InChI is InChI=1S/C17H13F2N5O2/c18-12-3-2-11(6-13(12)19)22-16-8-21-24-17(23-16)20-7-10-1-4-14-15(5-10)26-9-25-14/h1-6,8H,7,9H2,(H2,20,22,23,24). The zero-order chi connectivity index (χ0) is 17.9. The van der Waals surface area contributed by atoms with Gasteiger partial charge in [0.2, 0.25) is 12.7 Å². The predicted octanol–water partition coefficient (Wildman–Crippen LogP) is 3.23. The van der Waals surface area contributed by atoms with Gasteiger partial charge in [0, 0.05) is 18.3 Å². The second-order valence-corrected chi connectivity index (χ2v) is 5.46. The molecular formula is C17H13F2N5O2. The fourth-order valence-electron chi connectivity index (χ4n) is 2.39. The van der Waals surface area contributed by atoms with Crippen LogP contribution in [0.2, 0.25) is 0 Å². The largest absolute Gasteiger partial charge is 0.454 e. The molecule has 0 spiro atoms. The molecule has 9 heteroatoms. The summed E-state index contributed by atoms with van der Waals surface area (Å²) in [5, 5.41) is 13.6. The molecule has 1 aliphatic rings. The first-order valence-electron chi connectivity index (χ1n) is 7.71. The van der Waals surface area contributed by atoms with Crippen molar-refractivity contribution >= 4 is 17.5 Å². The third kappa shape index (κ3) is 3.46. The summed E-state index contributed by atoms with van der Waals surface area (Å²) in [5.74, 6) is 0.177. The summed E-state index contributed by atoms with van der Waals surface area (Å²) in [6.07, 6.45) is 1.38. The van der Waals surface area contributed by atoms with E-state index in [2.05, 4.69) is 25.8 Å². The summed E-state index contributed by atoms with van der Waals surface area (Å²) in [5.41, 5.74) is 1.31. The van der Waals surface area contributed by atoms with Crippen LogP contribution in [0, 0.1) is 11.6 Å². The van der Waals surface area contributed by atoms with E-state index in [1.165, 1.54) is 12.3 Å². The number of hydrogen-bond donors (Lipinski definition) is 2. The van der Waals surface area contributed by atoms with Crippen molar-refractivity contribution in [2.75, 3.05) is 17.4 Å². The Hall–Kier alpha value is -3.49. The summed E-state index contributed by atoms with van der Waals surface area (Å²) in [4.78, 5) is 4.24. The van der Waals surface area contributed by atoms with Crippen molar-refractivity contribution < 1.29 is 18.3 Å². The molecule has 0 saturated heterocycles. The molecule has 2 N–H and O–H groups in total. The van der Waals surface area contributed by atoms with E-state index >= 15 is 0 Å². The average Bonchev–Trinajstić information content (AvgIpc) is 3.11. The number of nitrogens with zero attached hydrogens (tertiary/aromatic N) is 3. The van der Waals surface area contributed by atoms with Gasteiger partial charge in [0.05, 0.1) is 6.20 Å². The molecule has 0 amide bonds. The van der Waals surface area contributed by atoms with Crippen molar-refractivity contribution in [1.29, 1.82) is 0 Å². The maximum atomic E-state index is 13.3. The van der Waals surface area contributed by atoms with Gasteiger partial charge in [-0.25, -0.2) is 8.78 Å². The number of aromatic nitrogens is 3. The molecule has 2 aromatic carbocycles. The lowest BCUT2D eigenvalue weighted by molar-refractivity contribution is 0.174. The normalized spacial score (nSPS) is 12.1.